The fraction of sp³-hybridized carbons (Fsp3) is 0.469. The summed E-state index contributed by atoms with van der Waals surface area (Å²) in [5.74, 6) is 0.168. The zero-order valence-corrected chi connectivity index (χ0v) is 26.8. The fourth-order valence-electron chi connectivity index (χ4n) is 5.17. The molecule has 12 heteroatoms. The number of nitrogens with one attached hydrogen (secondary N) is 2. The van der Waals surface area contributed by atoms with Crippen LogP contribution >= 0.6 is 0 Å². The number of sulfonamides is 1. The lowest BCUT2D eigenvalue weighted by molar-refractivity contribution is -0.127. The monoisotopic (exact) mass is 624 g/mol. The highest BCUT2D eigenvalue weighted by molar-refractivity contribution is 7.89. The summed E-state index contributed by atoms with van der Waals surface area (Å²) in [6, 6.07) is 12.1. The first-order chi connectivity index (χ1) is 20.8. The first kappa shape index (κ1) is 33.2. The highest BCUT2D eigenvalue weighted by Gasteiger charge is 2.36. The topological polar surface area (TPSA) is 157 Å². The molecule has 0 bridgehead atoms. The summed E-state index contributed by atoms with van der Waals surface area (Å²) in [5.41, 5.74) is 9.32. The molecule has 4 rings (SSSR count). The summed E-state index contributed by atoms with van der Waals surface area (Å²) in [5, 5.41) is 15.0. The lowest BCUT2D eigenvalue weighted by atomic mass is 10.0. The number of benzene rings is 2. The van der Waals surface area contributed by atoms with Crippen molar-refractivity contribution in [3.63, 3.8) is 0 Å². The quantitative estimate of drug-likeness (QED) is 0.281. The van der Waals surface area contributed by atoms with Crippen LogP contribution in [0, 0.1) is 5.92 Å². The Morgan fingerprint density at radius 2 is 1.84 bits per heavy atom. The van der Waals surface area contributed by atoms with Gasteiger partial charge in [-0.3, -0.25) is 4.79 Å². The molecular weight excluding hydrogens is 580 g/mol. The first-order valence-electron chi connectivity index (χ1n) is 15.0. The Labute approximate surface area is 260 Å². The standard InChI is InChI=1S/C32H44N6O5S/c1-5-13-37(14-7-12-34-31(41)36-32(2,3)4)30(40)26-15-25-11-10-24(17-28(25)35-29(33)18-26)23-8-6-9-27(16-23)44(42,43)38-19-22(20-38)21-39/h6,8-11,15-17,22,39H,5,7,12-14,18-21H2,1-4H3,(H2,33,35)(H2,34,36,41). The van der Waals surface area contributed by atoms with Gasteiger partial charge in [-0.2, -0.15) is 4.31 Å². The maximum atomic E-state index is 13.6. The number of fused-ring (bicyclic) bond motifs is 1. The van der Waals surface area contributed by atoms with E-state index in [0.29, 0.717) is 61.8 Å². The van der Waals surface area contributed by atoms with Gasteiger partial charge in [0.15, 0.2) is 0 Å². The number of urea groups is 1. The lowest BCUT2D eigenvalue weighted by Gasteiger charge is -2.36. The van der Waals surface area contributed by atoms with E-state index in [1.807, 2.05) is 58.0 Å². The van der Waals surface area contributed by atoms with E-state index in [4.69, 9.17) is 5.73 Å². The molecule has 0 unspecified atom stereocenters. The van der Waals surface area contributed by atoms with Gasteiger partial charge in [-0.05, 0) is 69.0 Å². The number of aliphatic imine (C=N–C) groups is 1. The van der Waals surface area contributed by atoms with Crippen LogP contribution in [0.5, 0.6) is 0 Å². The second-order valence-electron chi connectivity index (χ2n) is 12.4. The fourth-order valence-corrected chi connectivity index (χ4v) is 6.81. The average Bonchev–Trinajstić information content (AvgIpc) is 3.10. The van der Waals surface area contributed by atoms with Crippen LogP contribution in [-0.4, -0.2) is 85.4 Å². The molecule has 2 aromatic rings. The number of carbonyl (C=O) groups is 2. The second-order valence-corrected chi connectivity index (χ2v) is 14.3. The number of amides is 3. The molecule has 2 heterocycles. The molecule has 0 aliphatic carbocycles. The number of nitrogens with two attached hydrogens (primary N) is 1. The molecule has 0 spiro atoms. The van der Waals surface area contributed by atoms with Crippen molar-refractivity contribution in [2.24, 2.45) is 16.6 Å². The molecule has 1 fully saturated rings. The van der Waals surface area contributed by atoms with Crippen molar-refractivity contribution in [3.8, 4) is 11.1 Å². The van der Waals surface area contributed by atoms with Gasteiger partial charge in [0.2, 0.25) is 15.9 Å². The van der Waals surface area contributed by atoms with Gasteiger partial charge in [-0.1, -0.05) is 31.2 Å². The van der Waals surface area contributed by atoms with Gasteiger partial charge in [-0.15, -0.1) is 0 Å². The van der Waals surface area contributed by atoms with E-state index in [1.54, 1.807) is 23.1 Å². The highest BCUT2D eigenvalue weighted by atomic mass is 32.2. The summed E-state index contributed by atoms with van der Waals surface area (Å²) < 4.78 is 27.5. The number of amidine groups is 1. The molecule has 2 aliphatic heterocycles. The SMILES string of the molecule is CCCN(CCCNC(=O)NC(C)(C)C)C(=O)C1=Cc2ccc(-c3cccc(S(=O)(=O)N4CC(CO)C4)c3)cc2N=C(N)C1. The number of nitrogens with zero attached hydrogens (tertiary/aromatic N) is 3. The van der Waals surface area contributed by atoms with Crippen LogP contribution in [-0.2, 0) is 14.8 Å². The van der Waals surface area contributed by atoms with Gasteiger partial charge in [-0.25, -0.2) is 18.2 Å². The summed E-state index contributed by atoms with van der Waals surface area (Å²) in [6.07, 6.45) is 3.42. The maximum absolute atomic E-state index is 13.6. The minimum Gasteiger partial charge on any atom is -0.396 e. The zero-order valence-electron chi connectivity index (χ0n) is 26.0. The van der Waals surface area contributed by atoms with E-state index >= 15 is 0 Å². The normalized spacial score (nSPS) is 15.8. The predicted octanol–water partition coefficient (Wildman–Crippen LogP) is 3.47. The number of aliphatic hydroxyl groups excluding tert-OH is 1. The van der Waals surface area contributed by atoms with E-state index in [0.717, 1.165) is 17.5 Å². The molecule has 2 aliphatic rings. The molecule has 1 saturated heterocycles. The molecular formula is C32H44N6O5S. The summed E-state index contributed by atoms with van der Waals surface area (Å²) >= 11 is 0. The van der Waals surface area contributed by atoms with E-state index in [2.05, 4.69) is 15.6 Å². The van der Waals surface area contributed by atoms with Gasteiger partial charge in [0.25, 0.3) is 0 Å². The van der Waals surface area contributed by atoms with Gasteiger partial charge in [0.05, 0.1) is 10.6 Å². The molecule has 2 aromatic carbocycles. The molecule has 0 radical (unpaired) electrons. The number of rotatable bonds is 11. The largest absolute Gasteiger partial charge is 0.396 e. The second kappa shape index (κ2) is 13.9. The highest BCUT2D eigenvalue weighted by Crippen LogP contribution is 2.34. The van der Waals surface area contributed by atoms with Crippen molar-refractivity contribution in [1.82, 2.24) is 19.8 Å². The van der Waals surface area contributed by atoms with E-state index in [9.17, 15) is 23.1 Å². The van der Waals surface area contributed by atoms with Crippen LogP contribution in [0.3, 0.4) is 0 Å². The van der Waals surface area contributed by atoms with E-state index < -0.39 is 10.0 Å². The molecule has 238 valence electrons. The van der Waals surface area contributed by atoms with Gasteiger partial charge in [0, 0.05) is 68.3 Å². The predicted molar refractivity (Wildman–Crippen MR) is 173 cm³/mol. The molecule has 3 amide bonds. The third-order valence-corrected chi connectivity index (χ3v) is 9.24. The van der Waals surface area contributed by atoms with Crippen molar-refractivity contribution in [2.45, 2.75) is 57.4 Å². The minimum absolute atomic E-state index is 0.0247. The Balaban J connectivity index is 1.49. The number of hydrogen-bond donors (Lipinski definition) is 4. The van der Waals surface area contributed by atoms with E-state index in [1.165, 1.54) is 4.31 Å². The Morgan fingerprint density at radius 1 is 1.11 bits per heavy atom. The number of aliphatic hydroxyl groups is 1. The van der Waals surface area contributed by atoms with Gasteiger partial charge in [0.1, 0.15) is 5.84 Å². The van der Waals surface area contributed by atoms with Crippen molar-refractivity contribution >= 4 is 39.6 Å². The molecule has 0 aromatic heterocycles. The molecule has 0 atom stereocenters. The molecule has 0 saturated carbocycles. The Hall–Kier alpha value is -3.74. The minimum atomic E-state index is -3.66. The molecule has 5 N–H and O–H groups in total. The average molecular weight is 625 g/mol. The van der Waals surface area contributed by atoms with Crippen molar-refractivity contribution in [2.75, 3.05) is 39.3 Å². The Morgan fingerprint density at radius 3 is 2.52 bits per heavy atom. The third kappa shape index (κ3) is 8.25. The first-order valence-corrected chi connectivity index (χ1v) is 16.5. The van der Waals surface area contributed by atoms with Gasteiger partial charge < -0.3 is 26.4 Å². The Kier molecular flexibility index (Phi) is 10.5. The third-order valence-electron chi connectivity index (χ3n) is 7.42. The summed E-state index contributed by atoms with van der Waals surface area (Å²) in [6.45, 7) is 9.84. The van der Waals surface area contributed by atoms with Crippen LogP contribution in [0.25, 0.3) is 17.2 Å². The zero-order chi connectivity index (χ0) is 32.1. The van der Waals surface area contributed by atoms with E-state index in [-0.39, 0.29) is 41.3 Å². The number of carbonyl (C=O) groups excluding carboxylic acids is 2. The van der Waals surface area contributed by atoms with Gasteiger partial charge >= 0.3 is 6.03 Å². The van der Waals surface area contributed by atoms with Crippen molar-refractivity contribution < 1.29 is 23.1 Å². The summed E-state index contributed by atoms with van der Waals surface area (Å²) in [4.78, 5) is 32.3. The summed E-state index contributed by atoms with van der Waals surface area (Å²) in [7, 11) is -3.66. The van der Waals surface area contributed by atoms with Crippen molar-refractivity contribution in [3.05, 3.63) is 53.6 Å². The Bertz CT molecular complexity index is 1540. The molecule has 44 heavy (non-hydrogen) atoms. The van der Waals surface area contributed by atoms with Crippen LogP contribution < -0.4 is 16.4 Å². The van der Waals surface area contributed by atoms with Crippen LogP contribution in [0.2, 0.25) is 0 Å². The maximum Gasteiger partial charge on any atom is 0.315 e. The number of hydrogen-bond acceptors (Lipinski definition) is 7. The smallest absolute Gasteiger partial charge is 0.315 e. The van der Waals surface area contributed by atoms with Crippen molar-refractivity contribution in [1.29, 1.82) is 0 Å². The lowest BCUT2D eigenvalue weighted by Crippen LogP contribution is -2.51. The molecule has 11 nitrogen and oxygen atoms in total. The van der Waals surface area contributed by atoms with Crippen LogP contribution in [0.1, 0.15) is 52.5 Å². The van der Waals surface area contributed by atoms with Crippen LogP contribution in [0.4, 0.5) is 10.5 Å². The van der Waals surface area contributed by atoms with Crippen LogP contribution in [0.15, 0.2) is 57.9 Å².